The minimum absolute atomic E-state index is 0.00999. The molecular formula is C25H31N5OS. The molecule has 0 unspecified atom stereocenters. The summed E-state index contributed by atoms with van der Waals surface area (Å²) in [5.74, 6) is 1.07. The van der Waals surface area contributed by atoms with Gasteiger partial charge in [-0.2, -0.15) is 0 Å². The van der Waals surface area contributed by atoms with E-state index < -0.39 is 0 Å². The highest BCUT2D eigenvalue weighted by atomic mass is 32.2. The average molecular weight is 450 g/mol. The number of aromatic nitrogens is 3. The van der Waals surface area contributed by atoms with Gasteiger partial charge in [0.05, 0.1) is 5.75 Å². The third-order valence-corrected chi connectivity index (χ3v) is 6.16. The van der Waals surface area contributed by atoms with Crippen LogP contribution in [0.3, 0.4) is 0 Å². The summed E-state index contributed by atoms with van der Waals surface area (Å²) in [6.45, 7) is 11.3. The van der Waals surface area contributed by atoms with Crippen molar-refractivity contribution in [2.45, 2.75) is 32.0 Å². The van der Waals surface area contributed by atoms with E-state index in [1.54, 1.807) is 0 Å². The summed E-state index contributed by atoms with van der Waals surface area (Å²) in [5, 5.41) is 12.4. The van der Waals surface area contributed by atoms with Crippen LogP contribution < -0.4 is 10.2 Å². The predicted octanol–water partition coefficient (Wildman–Crippen LogP) is 4.43. The number of nitrogens with one attached hydrogen (secondary N) is 1. The van der Waals surface area contributed by atoms with Gasteiger partial charge in [-0.25, -0.2) is 0 Å². The standard InChI is InChI=1S/C25H31N5OS/c1-4-18-30-24(21-12-14-22(15-13-21)29(5-2)6-3)27-28-25(30)32-19-23(31)26-17-16-20-10-8-7-9-11-20/h4,7-15H,1,5-6,16-19H2,2-3H3,(H,26,31). The van der Waals surface area contributed by atoms with E-state index in [9.17, 15) is 4.79 Å². The smallest absolute Gasteiger partial charge is 0.230 e. The lowest BCUT2D eigenvalue weighted by Gasteiger charge is -2.21. The van der Waals surface area contributed by atoms with Crippen LogP contribution in [-0.2, 0) is 17.8 Å². The zero-order valence-electron chi connectivity index (χ0n) is 18.8. The molecule has 0 radical (unpaired) electrons. The van der Waals surface area contributed by atoms with Crippen molar-refractivity contribution in [3.63, 3.8) is 0 Å². The van der Waals surface area contributed by atoms with E-state index in [2.05, 4.69) is 77.2 Å². The number of thioether (sulfide) groups is 1. The predicted molar refractivity (Wildman–Crippen MR) is 133 cm³/mol. The van der Waals surface area contributed by atoms with Gasteiger partial charge < -0.3 is 10.2 Å². The van der Waals surface area contributed by atoms with E-state index in [0.29, 0.717) is 24.0 Å². The van der Waals surface area contributed by atoms with Gasteiger partial charge in [-0.05, 0) is 50.1 Å². The second kappa shape index (κ2) is 12.1. The van der Waals surface area contributed by atoms with Crippen molar-refractivity contribution in [1.82, 2.24) is 20.1 Å². The van der Waals surface area contributed by atoms with E-state index in [4.69, 9.17) is 0 Å². The largest absolute Gasteiger partial charge is 0.372 e. The lowest BCUT2D eigenvalue weighted by atomic mass is 10.1. The molecule has 0 atom stereocenters. The summed E-state index contributed by atoms with van der Waals surface area (Å²) >= 11 is 1.39. The molecule has 1 N–H and O–H groups in total. The van der Waals surface area contributed by atoms with Gasteiger partial charge in [-0.3, -0.25) is 9.36 Å². The highest BCUT2D eigenvalue weighted by molar-refractivity contribution is 7.99. The van der Waals surface area contributed by atoms with Crippen LogP contribution in [0.5, 0.6) is 0 Å². The first kappa shape index (κ1) is 23.6. The number of rotatable bonds is 12. The third-order valence-electron chi connectivity index (χ3n) is 5.19. The fourth-order valence-corrected chi connectivity index (χ4v) is 4.26. The number of hydrogen-bond acceptors (Lipinski definition) is 5. The molecule has 0 spiro atoms. The maximum absolute atomic E-state index is 12.3. The third kappa shape index (κ3) is 6.23. The normalized spacial score (nSPS) is 10.7. The van der Waals surface area contributed by atoms with Crippen LogP contribution in [-0.4, -0.2) is 46.1 Å². The van der Waals surface area contributed by atoms with E-state index in [-0.39, 0.29) is 5.91 Å². The highest BCUT2D eigenvalue weighted by Crippen LogP contribution is 2.26. The summed E-state index contributed by atoms with van der Waals surface area (Å²) in [7, 11) is 0. The molecule has 0 bridgehead atoms. The van der Waals surface area contributed by atoms with E-state index >= 15 is 0 Å². The fourth-order valence-electron chi connectivity index (χ4n) is 3.48. The summed E-state index contributed by atoms with van der Waals surface area (Å²) in [6, 6.07) is 18.5. The number of allylic oxidation sites excluding steroid dienone is 1. The number of carbonyl (C=O) groups is 1. The number of hydrogen-bond donors (Lipinski definition) is 1. The van der Waals surface area contributed by atoms with Crippen LogP contribution >= 0.6 is 11.8 Å². The Hall–Kier alpha value is -3.06. The Bertz CT molecular complexity index is 997. The maximum Gasteiger partial charge on any atom is 0.230 e. The van der Waals surface area contributed by atoms with Crippen molar-refractivity contribution in [3.05, 3.63) is 72.8 Å². The second-order valence-corrected chi connectivity index (χ2v) is 8.24. The van der Waals surface area contributed by atoms with Gasteiger partial charge in [0.1, 0.15) is 0 Å². The van der Waals surface area contributed by atoms with Crippen LogP contribution in [0.25, 0.3) is 11.4 Å². The molecule has 7 heteroatoms. The Kier molecular flexibility index (Phi) is 8.92. The molecule has 2 aromatic carbocycles. The van der Waals surface area contributed by atoms with Gasteiger partial charge in [-0.15, -0.1) is 16.8 Å². The van der Waals surface area contributed by atoms with Crippen LogP contribution in [0.1, 0.15) is 19.4 Å². The zero-order valence-corrected chi connectivity index (χ0v) is 19.6. The van der Waals surface area contributed by atoms with Gasteiger partial charge >= 0.3 is 0 Å². The van der Waals surface area contributed by atoms with Crippen molar-refractivity contribution in [2.75, 3.05) is 30.3 Å². The lowest BCUT2D eigenvalue weighted by molar-refractivity contribution is -0.118. The topological polar surface area (TPSA) is 63.1 Å². The molecule has 0 saturated heterocycles. The van der Waals surface area contributed by atoms with Crippen LogP contribution in [0.4, 0.5) is 5.69 Å². The molecule has 0 aliphatic heterocycles. The number of carbonyl (C=O) groups excluding carboxylic acids is 1. The molecule has 1 amide bonds. The van der Waals surface area contributed by atoms with Crippen molar-refractivity contribution in [2.24, 2.45) is 0 Å². The van der Waals surface area contributed by atoms with E-state index in [0.717, 1.165) is 30.9 Å². The molecule has 0 aliphatic rings. The Morgan fingerprint density at radius 3 is 2.47 bits per heavy atom. The second-order valence-electron chi connectivity index (χ2n) is 7.30. The number of amides is 1. The quantitative estimate of drug-likeness (QED) is 0.327. The summed E-state index contributed by atoms with van der Waals surface area (Å²) < 4.78 is 2.00. The van der Waals surface area contributed by atoms with Crippen LogP contribution in [0.15, 0.2) is 72.4 Å². The molecule has 32 heavy (non-hydrogen) atoms. The first-order valence-corrected chi connectivity index (χ1v) is 12.0. The van der Waals surface area contributed by atoms with Crippen molar-refractivity contribution >= 4 is 23.4 Å². The van der Waals surface area contributed by atoms with E-state index in [1.165, 1.54) is 23.0 Å². The molecule has 0 fully saturated rings. The van der Waals surface area contributed by atoms with Crippen molar-refractivity contribution in [3.8, 4) is 11.4 Å². The molecule has 1 heterocycles. The van der Waals surface area contributed by atoms with E-state index in [1.807, 2.05) is 28.8 Å². The molecule has 0 aliphatic carbocycles. The SMILES string of the molecule is C=CCn1c(SCC(=O)NCCc2ccccc2)nnc1-c1ccc(N(CC)CC)cc1. The number of nitrogens with zero attached hydrogens (tertiary/aromatic N) is 4. The zero-order chi connectivity index (χ0) is 22.8. The molecular weight excluding hydrogens is 418 g/mol. The maximum atomic E-state index is 12.3. The molecule has 3 rings (SSSR count). The van der Waals surface area contributed by atoms with Gasteiger partial charge in [-0.1, -0.05) is 48.2 Å². The Morgan fingerprint density at radius 2 is 1.81 bits per heavy atom. The summed E-state index contributed by atoms with van der Waals surface area (Å²) in [6.07, 6.45) is 2.64. The van der Waals surface area contributed by atoms with Crippen LogP contribution in [0, 0.1) is 0 Å². The number of benzene rings is 2. The molecule has 168 valence electrons. The van der Waals surface area contributed by atoms with Crippen LogP contribution in [0.2, 0.25) is 0 Å². The molecule has 6 nitrogen and oxygen atoms in total. The monoisotopic (exact) mass is 449 g/mol. The fraction of sp³-hybridized carbons (Fsp3) is 0.320. The lowest BCUT2D eigenvalue weighted by Crippen LogP contribution is -2.27. The molecule has 0 saturated carbocycles. The van der Waals surface area contributed by atoms with Gasteiger partial charge in [0.15, 0.2) is 11.0 Å². The number of anilines is 1. The first-order chi connectivity index (χ1) is 15.7. The van der Waals surface area contributed by atoms with Gasteiger partial charge in [0, 0.05) is 37.4 Å². The van der Waals surface area contributed by atoms with Crippen molar-refractivity contribution < 1.29 is 4.79 Å². The van der Waals surface area contributed by atoms with Gasteiger partial charge in [0.2, 0.25) is 5.91 Å². The molecule has 1 aromatic heterocycles. The minimum atomic E-state index is -0.00999. The highest BCUT2D eigenvalue weighted by Gasteiger charge is 2.15. The Labute approximate surface area is 194 Å². The Morgan fingerprint density at radius 1 is 1.09 bits per heavy atom. The van der Waals surface area contributed by atoms with Gasteiger partial charge in [0.25, 0.3) is 0 Å². The summed E-state index contributed by atoms with van der Waals surface area (Å²) in [5.41, 5.74) is 3.40. The van der Waals surface area contributed by atoms with Crippen molar-refractivity contribution in [1.29, 1.82) is 0 Å². The summed E-state index contributed by atoms with van der Waals surface area (Å²) in [4.78, 5) is 14.6. The average Bonchev–Trinajstić information content (AvgIpc) is 3.22. The molecule has 3 aromatic rings. The first-order valence-electron chi connectivity index (χ1n) is 11.0. The Balaban J connectivity index is 1.61. The minimum Gasteiger partial charge on any atom is -0.372 e.